The summed E-state index contributed by atoms with van der Waals surface area (Å²) >= 11 is 0. The minimum absolute atomic E-state index is 0.270. The Kier molecular flexibility index (Phi) is 7.06. The Bertz CT molecular complexity index is 749. The molecule has 0 unspecified atom stereocenters. The smallest absolute Gasteiger partial charge is 0.307 e. The molecule has 144 valence electrons. The zero-order chi connectivity index (χ0) is 19.2. The van der Waals surface area contributed by atoms with E-state index in [9.17, 15) is 22.4 Å². The van der Waals surface area contributed by atoms with Gasteiger partial charge in [-0.3, -0.25) is 9.59 Å². The Morgan fingerprint density at radius 2 is 1.96 bits per heavy atom. The van der Waals surface area contributed by atoms with Crippen LogP contribution in [0.2, 0.25) is 0 Å². The number of benzene rings is 1. The SMILES string of the molecule is C[C@H](OC(=O)CCNS(=O)(=O)c1ccccc1F)C(=O)N1CCOCC1. The quantitative estimate of drug-likeness (QED) is 0.674. The van der Waals surface area contributed by atoms with Crippen LogP contribution in [-0.2, 0) is 29.1 Å². The first kappa shape index (κ1) is 20.3. The fourth-order valence-electron chi connectivity index (χ4n) is 2.38. The number of morpholine rings is 1. The highest BCUT2D eigenvalue weighted by molar-refractivity contribution is 7.89. The van der Waals surface area contributed by atoms with Gasteiger partial charge in [0.15, 0.2) is 6.10 Å². The first-order valence-corrected chi connectivity index (χ1v) is 9.60. The molecular formula is C16H21FN2O6S. The maximum Gasteiger partial charge on any atom is 0.307 e. The molecule has 0 aromatic heterocycles. The van der Waals surface area contributed by atoms with Crippen molar-refractivity contribution < 1.29 is 31.9 Å². The van der Waals surface area contributed by atoms with Crippen LogP contribution in [0.3, 0.4) is 0 Å². The summed E-state index contributed by atoms with van der Waals surface area (Å²) in [6.07, 6.45) is -1.25. The van der Waals surface area contributed by atoms with Crippen LogP contribution in [0.4, 0.5) is 4.39 Å². The van der Waals surface area contributed by atoms with Crippen LogP contribution in [0, 0.1) is 5.82 Å². The first-order valence-electron chi connectivity index (χ1n) is 8.11. The molecule has 1 aromatic rings. The average molecular weight is 388 g/mol. The summed E-state index contributed by atoms with van der Waals surface area (Å²) in [7, 11) is -4.07. The van der Waals surface area contributed by atoms with E-state index in [-0.39, 0.29) is 18.9 Å². The number of nitrogens with zero attached hydrogens (tertiary/aromatic N) is 1. The molecule has 0 spiro atoms. The number of halogens is 1. The summed E-state index contributed by atoms with van der Waals surface area (Å²) in [4.78, 5) is 25.0. The summed E-state index contributed by atoms with van der Waals surface area (Å²) in [5.74, 6) is -1.93. The van der Waals surface area contributed by atoms with Crippen LogP contribution < -0.4 is 4.72 Å². The molecule has 1 fully saturated rings. The van der Waals surface area contributed by atoms with Crippen molar-refractivity contribution in [3.8, 4) is 0 Å². The molecule has 1 atom stereocenters. The lowest BCUT2D eigenvalue weighted by molar-refractivity contribution is -0.160. The number of rotatable bonds is 7. The second kappa shape index (κ2) is 9.06. The van der Waals surface area contributed by atoms with Crippen LogP contribution in [0.25, 0.3) is 0 Å². The van der Waals surface area contributed by atoms with Crippen molar-refractivity contribution in [2.75, 3.05) is 32.8 Å². The Balaban J connectivity index is 1.79. The summed E-state index contributed by atoms with van der Waals surface area (Å²) in [5, 5.41) is 0. The fourth-order valence-corrected chi connectivity index (χ4v) is 3.48. The average Bonchev–Trinajstić information content (AvgIpc) is 2.61. The highest BCUT2D eigenvalue weighted by atomic mass is 32.2. The number of sulfonamides is 1. The first-order chi connectivity index (χ1) is 12.3. The van der Waals surface area contributed by atoms with E-state index in [1.807, 2.05) is 0 Å². The third-order valence-electron chi connectivity index (χ3n) is 3.73. The molecule has 1 N–H and O–H groups in total. The predicted octanol–water partition coefficient (Wildman–Crippen LogP) is 0.285. The van der Waals surface area contributed by atoms with Crippen molar-refractivity contribution in [1.82, 2.24) is 9.62 Å². The van der Waals surface area contributed by atoms with Crippen molar-refractivity contribution in [1.29, 1.82) is 0 Å². The van der Waals surface area contributed by atoms with Crippen molar-refractivity contribution in [3.63, 3.8) is 0 Å². The third kappa shape index (κ3) is 5.48. The van der Waals surface area contributed by atoms with Gasteiger partial charge in [0.25, 0.3) is 5.91 Å². The molecule has 1 aromatic carbocycles. The molecular weight excluding hydrogens is 367 g/mol. The largest absolute Gasteiger partial charge is 0.452 e. The van der Waals surface area contributed by atoms with Gasteiger partial charge in [-0.2, -0.15) is 0 Å². The van der Waals surface area contributed by atoms with Gasteiger partial charge in [0.05, 0.1) is 19.6 Å². The Morgan fingerprint density at radius 1 is 1.31 bits per heavy atom. The molecule has 1 aliphatic heterocycles. The van der Waals surface area contributed by atoms with E-state index in [4.69, 9.17) is 9.47 Å². The lowest BCUT2D eigenvalue weighted by Gasteiger charge is -2.28. The van der Waals surface area contributed by atoms with Crippen molar-refractivity contribution in [3.05, 3.63) is 30.1 Å². The highest BCUT2D eigenvalue weighted by Crippen LogP contribution is 2.13. The number of nitrogens with one attached hydrogen (secondary N) is 1. The van der Waals surface area contributed by atoms with Crippen LogP contribution >= 0.6 is 0 Å². The Morgan fingerprint density at radius 3 is 2.62 bits per heavy atom. The predicted molar refractivity (Wildman–Crippen MR) is 89.2 cm³/mol. The lowest BCUT2D eigenvalue weighted by Crippen LogP contribution is -2.46. The summed E-state index contributed by atoms with van der Waals surface area (Å²) < 4.78 is 49.8. The molecule has 1 amide bonds. The van der Waals surface area contributed by atoms with Crippen LogP contribution in [0.5, 0.6) is 0 Å². The minimum atomic E-state index is -4.07. The highest BCUT2D eigenvalue weighted by Gasteiger charge is 2.25. The zero-order valence-corrected chi connectivity index (χ0v) is 15.1. The maximum atomic E-state index is 13.5. The number of hydrogen-bond acceptors (Lipinski definition) is 6. The summed E-state index contributed by atoms with van der Waals surface area (Å²) in [6, 6.07) is 4.92. The van der Waals surface area contributed by atoms with Gasteiger partial charge in [-0.15, -0.1) is 0 Å². The number of esters is 1. The monoisotopic (exact) mass is 388 g/mol. The molecule has 1 aliphatic rings. The Hall–Kier alpha value is -2.04. The topological polar surface area (TPSA) is 102 Å². The van der Waals surface area contributed by atoms with Crippen LogP contribution in [0.1, 0.15) is 13.3 Å². The van der Waals surface area contributed by atoms with Gasteiger partial charge in [-0.25, -0.2) is 17.5 Å². The number of carbonyl (C=O) groups is 2. The zero-order valence-electron chi connectivity index (χ0n) is 14.3. The molecule has 10 heteroatoms. The number of ether oxygens (including phenoxy) is 2. The standard InChI is InChI=1S/C16H21FN2O6S/c1-12(16(21)19-8-10-24-11-9-19)25-15(20)6-7-18-26(22,23)14-5-3-2-4-13(14)17/h2-5,12,18H,6-11H2,1H3/t12-/m0/s1. The third-order valence-corrected chi connectivity index (χ3v) is 5.22. The van der Waals surface area contributed by atoms with Gasteiger partial charge >= 0.3 is 5.97 Å². The van der Waals surface area contributed by atoms with Gasteiger partial charge < -0.3 is 14.4 Å². The van der Waals surface area contributed by atoms with E-state index in [2.05, 4.69) is 4.72 Å². The molecule has 1 saturated heterocycles. The van der Waals surface area contributed by atoms with E-state index >= 15 is 0 Å². The van der Waals surface area contributed by atoms with E-state index in [1.165, 1.54) is 19.1 Å². The summed E-state index contributed by atoms with van der Waals surface area (Å²) in [6.45, 7) is 2.92. The molecule has 0 bridgehead atoms. The minimum Gasteiger partial charge on any atom is -0.452 e. The normalized spacial score (nSPS) is 16.2. The van der Waals surface area contributed by atoms with E-state index in [0.29, 0.717) is 26.3 Å². The van der Waals surface area contributed by atoms with Crippen molar-refractivity contribution in [2.45, 2.75) is 24.3 Å². The van der Waals surface area contributed by atoms with Gasteiger partial charge in [-0.05, 0) is 19.1 Å². The maximum absolute atomic E-state index is 13.5. The fraction of sp³-hybridized carbons (Fsp3) is 0.500. The van der Waals surface area contributed by atoms with Gasteiger partial charge in [-0.1, -0.05) is 12.1 Å². The number of amides is 1. The second-order valence-electron chi connectivity index (χ2n) is 5.65. The molecule has 1 heterocycles. The number of carbonyl (C=O) groups excluding carboxylic acids is 2. The van der Waals surface area contributed by atoms with Crippen molar-refractivity contribution in [2.24, 2.45) is 0 Å². The van der Waals surface area contributed by atoms with Gasteiger partial charge in [0.2, 0.25) is 10.0 Å². The van der Waals surface area contributed by atoms with E-state index < -0.39 is 32.8 Å². The molecule has 0 aliphatic carbocycles. The molecule has 0 saturated carbocycles. The van der Waals surface area contributed by atoms with Gasteiger partial charge in [0, 0.05) is 19.6 Å². The van der Waals surface area contributed by atoms with Crippen molar-refractivity contribution >= 4 is 21.9 Å². The molecule has 2 rings (SSSR count). The Labute approximate surface area is 151 Å². The second-order valence-corrected chi connectivity index (χ2v) is 7.38. The van der Waals surface area contributed by atoms with E-state index in [0.717, 1.165) is 12.1 Å². The molecule has 26 heavy (non-hydrogen) atoms. The molecule has 0 radical (unpaired) electrons. The number of hydrogen-bond donors (Lipinski definition) is 1. The van der Waals surface area contributed by atoms with Crippen LogP contribution in [-0.4, -0.2) is 64.1 Å². The van der Waals surface area contributed by atoms with Gasteiger partial charge in [0.1, 0.15) is 10.7 Å². The lowest BCUT2D eigenvalue weighted by atomic mass is 10.3. The van der Waals surface area contributed by atoms with Crippen LogP contribution in [0.15, 0.2) is 29.2 Å². The van der Waals surface area contributed by atoms with E-state index in [1.54, 1.807) is 4.90 Å². The molecule has 8 nitrogen and oxygen atoms in total. The summed E-state index contributed by atoms with van der Waals surface area (Å²) in [5.41, 5.74) is 0.